The molecule has 0 aliphatic carbocycles. The van der Waals surface area contributed by atoms with Crippen molar-refractivity contribution in [3.8, 4) is 0 Å². The molecule has 2 atom stereocenters. The fraction of sp³-hybridized carbons (Fsp3) is 0.768. The summed E-state index contributed by atoms with van der Waals surface area (Å²) < 4.78 is 33.1. The Kier molecular flexibility index (Phi) is 62.1. The summed E-state index contributed by atoms with van der Waals surface area (Å²) in [6, 6.07) is 0. The van der Waals surface area contributed by atoms with E-state index in [1.165, 1.54) is 193 Å². The van der Waals surface area contributed by atoms with Crippen molar-refractivity contribution in [3.05, 3.63) is 85.1 Å². The molecule has 0 amide bonds. The smallest absolute Gasteiger partial charge is 0.462 e. The summed E-state index contributed by atoms with van der Waals surface area (Å²) in [6.07, 6.45) is 85.2. The van der Waals surface area contributed by atoms with Gasteiger partial charge in [0.05, 0.1) is 13.2 Å². The third-order valence-electron chi connectivity index (χ3n) is 14.3. The Balaban J connectivity index is 3.92. The maximum atomic E-state index is 12.7. The van der Waals surface area contributed by atoms with Crippen molar-refractivity contribution in [2.24, 2.45) is 5.73 Å². The second-order valence-electron chi connectivity index (χ2n) is 22.0. The van der Waals surface area contributed by atoms with Crippen molar-refractivity contribution in [2.45, 2.75) is 315 Å². The third kappa shape index (κ3) is 64.2. The molecule has 0 saturated heterocycles. The molecule has 0 fully saturated rings. The minimum Gasteiger partial charge on any atom is -0.462 e. The van der Waals surface area contributed by atoms with Gasteiger partial charge in [0.2, 0.25) is 0 Å². The highest BCUT2D eigenvalue weighted by molar-refractivity contribution is 7.47. The van der Waals surface area contributed by atoms with Gasteiger partial charge in [-0.05, 0) is 89.9 Å². The summed E-state index contributed by atoms with van der Waals surface area (Å²) in [5.74, 6) is -0.824. The van der Waals surface area contributed by atoms with Gasteiger partial charge in [-0.25, -0.2) is 4.57 Å². The molecular formula is C69H124NO8P. The van der Waals surface area contributed by atoms with Crippen LogP contribution in [0.5, 0.6) is 0 Å². The number of allylic oxidation sites excluding steroid dienone is 14. The summed E-state index contributed by atoms with van der Waals surface area (Å²) in [5.41, 5.74) is 5.40. The number of rotatable bonds is 62. The Morgan fingerprint density at radius 3 is 1.05 bits per heavy atom. The maximum absolute atomic E-state index is 12.7. The fourth-order valence-corrected chi connectivity index (χ4v) is 10.2. The van der Waals surface area contributed by atoms with Gasteiger partial charge in [-0.1, -0.05) is 292 Å². The molecule has 0 aliphatic heterocycles. The van der Waals surface area contributed by atoms with E-state index in [4.69, 9.17) is 24.3 Å². The number of carbonyl (C=O) groups excluding carboxylic acids is 2. The van der Waals surface area contributed by atoms with Gasteiger partial charge >= 0.3 is 19.8 Å². The van der Waals surface area contributed by atoms with Gasteiger partial charge in [-0.3, -0.25) is 18.6 Å². The van der Waals surface area contributed by atoms with Crippen LogP contribution in [0.4, 0.5) is 0 Å². The van der Waals surface area contributed by atoms with Crippen LogP contribution in [0.15, 0.2) is 85.1 Å². The molecule has 0 bridgehead atoms. The number of carbonyl (C=O) groups is 2. The molecule has 0 spiro atoms. The normalized spacial score (nSPS) is 13.5. The van der Waals surface area contributed by atoms with Crippen LogP contribution in [0.3, 0.4) is 0 Å². The number of esters is 2. The lowest BCUT2D eigenvalue weighted by molar-refractivity contribution is -0.161. The molecule has 9 nitrogen and oxygen atoms in total. The molecule has 0 saturated carbocycles. The van der Waals surface area contributed by atoms with Crippen molar-refractivity contribution in [1.29, 1.82) is 0 Å². The van der Waals surface area contributed by atoms with Gasteiger partial charge in [-0.15, -0.1) is 0 Å². The van der Waals surface area contributed by atoms with Gasteiger partial charge < -0.3 is 20.1 Å². The van der Waals surface area contributed by atoms with E-state index in [0.29, 0.717) is 6.42 Å². The standard InChI is InChI=1S/C69H124NO8P/c1-3-5-7-9-11-13-15-17-19-21-23-25-27-29-31-33-35-37-39-41-43-45-47-49-51-53-55-57-59-61-68(71)75-65-67(66-77-79(73,74)76-64-63-70)78-69(72)62-60-58-56-54-52-50-48-46-44-42-40-38-36-34-32-30-28-26-24-22-20-18-16-14-12-10-8-6-4-2/h6,8,12,14,18,20-21,23-24,26,30,32,36,38,67H,3-5,7,9-11,13,15-17,19,22,25,27-29,31,33-35,37,39-66,70H2,1-2H3,(H,73,74)/b8-6-,14-12-,20-18-,23-21-,26-24-,32-30-,38-36-. The molecule has 0 aromatic rings. The molecule has 10 heteroatoms. The lowest BCUT2D eigenvalue weighted by atomic mass is 10.0. The molecule has 0 radical (unpaired) electrons. The minimum absolute atomic E-state index is 0.0505. The molecule has 2 unspecified atom stereocenters. The van der Waals surface area contributed by atoms with Crippen LogP contribution in [0, 0.1) is 0 Å². The Labute approximate surface area is 487 Å². The minimum atomic E-state index is -4.40. The largest absolute Gasteiger partial charge is 0.472 e. The van der Waals surface area contributed by atoms with Crippen LogP contribution < -0.4 is 5.73 Å². The van der Waals surface area contributed by atoms with Gasteiger partial charge in [-0.2, -0.15) is 0 Å². The molecular weight excluding hydrogens is 1000 g/mol. The molecule has 0 aromatic heterocycles. The number of nitrogens with two attached hydrogens (primary N) is 1. The van der Waals surface area contributed by atoms with Crippen molar-refractivity contribution in [1.82, 2.24) is 0 Å². The van der Waals surface area contributed by atoms with E-state index in [0.717, 1.165) is 83.5 Å². The topological polar surface area (TPSA) is 134 Å². The quantitative estimate of drug-likeness (QED) is 0.0264. The van der Waals surface area contributed by atoms with E-state index < -0.39 is 26.5 Å². The summed E-state index contributed by atoms with van der Waals surface area (Å²) in [7, 11) is -4.40. The highest BCUT2D eigenvalue weighted by Crippen LogP contribution is 2.43. The first kappa shape index (κ1) is 76.2. The van der Waals surface area contributed by atoms with Crippen molar-refractivity contribution < 1.29 is 37.6 Å². The molecule has 0 aliphatic rings. The van der Waals surface area contributed by atoms with Gasteiger partial charge in [0.1, 0.15) is 6.61 Å². The van der Waals surface area contributed by atoms with Crippen molar-refractivity contribution in [3.63, 3.8) is 0 Å². The molecule has 458 valence electrons. The van der Waals surface area contributed by atoms with Crippen molar-refractivity contribution >= 4 is 19.8 Å². The average molecular weight is 1130 g/mol. The summed E-state index contributed by atoms with van der Waals surface area (Å²) in [4.78, 5) is 35.3. The highest BCUT2D eigenvalue weighted by Gasteiger charge is 2.26. The first-order valence-corrected chi connectivity index (χ1v) is 34.6. The Morgan fingerprint density at radius 2 is 0.696 bits per heavy atom. The number of hydrogen-bond donors (Lipinski definition) is 2. The summed E-state index contributed by atoms with van der Waals surface area (Å²) in [5, 5.41) is 0. The molecule has 0 aromatic carbocycles. The van der Waals surface area contributed by atoms with Gasteiger partial charge in [0.15, 0.2) is 6.10 Å². The molecule has 79 heavy (non-hydrogen) atoms. The highest BCUT2D eigenvalue weighted by atomic mass is 31.2. The molecule has 3 N–H and O–H groups in total. The first-order chi connectivity index (χ1) is 38.8. The van der Waals surface area contributed by atoms with Crippen LogP contribution in [-0.4, -0.2) is 49.3 Å². The predicted molar refractivity (Wildman–Crippen MR) is 339 cm³/mol. The predicted octanol–water partition coefficient (Wildman–Crippen LogP) is 21.4. The van der Waals surface area contributed by atoms with Crippen LogP contribution in [0.25, 0.3) is 0 Å². The Bertz CT molecular complexity index is 1570. The van der Waals surface area contributed by atoms with Gasteiger partial charge in [0, 0.05) is 19.4 Å². The lowest BCUT2D eigenvalue weighted by Gasteiger charge is -2.19. The number of unbranched alkanes of at least 4 members (excludes halogenated alkanes) is 35. The second-order valence-corrected chi connectivity index (χ2v) is 23.4. The van der Waals surface area contributed by atoms with E-state index in [2.05, 4.69) is 98.9 Å². The van der Waals surface area contributed by atoms with E-state index in [9.17, 15) is 19.0 Å². The fourth-order valence-electron chi connectivity index (χ4n) is 9.40. The molecule has 0 rings (SSSR count). The average Bonchev–Trinajstić information content (AvgIpc) is 3.44. The summed E-state index contributed by atoms with van der Waals surface area (Å²) in [6.45, 7) is 3.66. The number of ether oxygens (including phenoxy) is 2. The van der Waals surface area contributed by atoms with E-state index in [1.807, 2.05) is 0 Å². The lowest BCUT2D eigenvalue weighted by Crippen LogP contribution is -2.29. The number of hydrogen-bond acceptors (Lipinski definition) is 8. The van der Waals surface area contributed by atoms with E-state index in [1.54, 1.807) is 0 Å². The van der Waals surface area contributed by atoms with Crippen molar-refractivity contribution in [2.75, 3.05) is 26.4 Å². The Morgan fingerprint density at radius 1 is 0.392 bits per heavy atom. The zero-order chi connectivity index (χ0) is 57.3. The SMILES string of the molecule is CC/C=C\C/C=C\C/C=C\C/C=C\C/C=C\C/C=C\CCCCCCCCCCCCC(=O)OC(COC(=O)CCCCCCCCCCCCCCCCCCC/C=C\CCCCCCCCCC)COP(=O)(O)OCCN. The van der Waals surface area contributed by atoms with Crippen LogP contribution in [-0.2, 0) is 32.7 Å². The molecule has 0 heterocycles. The van der Waals surface area contributed by atoms with Crippen LogP contribution in [0.2, 0.25) is 0 Å². The zero-order valence-electron chi connectivity index (χ0n) is 51.3. The van der Waals surface area contributed by atoms with E-state index >= 15 is 0 Å². The zero-order valence-corrected chi connectivity index (χ0v) is 52.2. The summed E-state index contributed by atoms with van der Waals surface area (Å²) >= 11 is 0. The second kappa shape index (κ2) is 64.4. The van der Waals surface area contributed by atoms with Crippen LogP contribution >= 0.6 is 7.82 Å². The number of phosphoric ester groups is 1. The van der Waals surface area contributed by atoms with Crippen LogP contribution in [0.1, 0.15) is 309 Å². The third-order valence-corrected chi connectivity index (χ3v) is 15.2. The maximum Gasteiger partial charge on any atom is 0.472 e. The monoisotopic (exact) mass is 1130 g/mol. The van der Waals surface area contributed by atoms with E-state index in [-0.39, 0.29) is 38.6 Å². The number of phosphoric acid groups is 1. The first-order valence-electron chi connectivity index (χ1n) is 33.1. The van der Waals surface area contributed by atoms with Gasteiger partial charge in [0.25, 0.3) is 0 Å². The Hall–Kier alpha value is -2.81.